The maximum Gasteiger partial charge on any atom is 0.573 e. The molecule has 208 valence electrons. The first-order chi connectivity index (χ1) is 19.8. The van der Waals surface area contributed by atoms with Gasteiger partial charge >= 0.3 is 6.36 Å². The third-order valence-corrected chi connectivity index (χ3v) is 7.90. The molecule has 2 bridgehead atoms. The summed E-state index contributed by atoms with van der Waals surface area (Å²) in [6.45, 7) is 1.94. The molecule has 0 fully saturated rings. The highest BCUT2D eigenvalue weighted by Crippen LogP contribution is 2.45. The lowest BCUT2D eigenvalue weighted by Crippen LogP contribution is -2.18. The number of halogens is 3. The number of alkyl halides is 3. The van der Waals surface area contributed by atoms with E-state index in [2.05, 4.69) is 57.6 Å². The van der Waals surface area contributed by atoms with Gasteiger partial charge in [0, 0.05) is 29.7 Å². The molecule has 0 saturated heterocycles. The molecule has 3 heterocycles. The first-order valence-electron chi connectivity index (χ1n) is 14.0. The van der Waals surface area contributed by atoms with E-state index in [9.17, 15) is 13.2 Å². The lowest BCUT2D eigenvalue weighted by Gasteiger charge is -2.30. The summed E-state index contributed by atoms with van der Waals surface area (Å²) in [5.74, 6) is -0.136. The summed E-state index contributed by atoms with van der Waals surface area (Å²) in [7, 11) is 0. The van der Waals surface area contributed by atoms with Crippen LogP contribution in [0.5, 0.6) is 5.75 Å². The van der Waals surface area contributed by atoms with Gasteiger partial charge in [0.15, 0.2) is 0 Å². The molecular weight excluding hydrogens is 521 g/mol. The van der Waals surface area contributed by atoms with Crippen LogP contribution in [-0.2, 0) is 12.8 Å². The second-order valence-electron chi connectivity index (χ2n) is 10.7. The third-order valence-electron chi connectivity index (χ3n) is 7.90. The van der Waals surface area contributed by atoms with Crippen molar-refractivity contribution in [3.8, 4) is 16.9 Å². The molecule has 0 spiro atoms. The molecule has 0 saturated carbocycles. The normalized spacial score (nSPS) is 18.2. The van der Waals surface area contributed by atoms with Crippen molar-refractivity contribution in [3.63, 3.8) is 0 Å². The first kappa shape index (κ1) is 26.9. The molecule has 0 amide bonds. The van der Waals surface area contributed by atoms with Crippen molar-refractivity contribution in [1.82, 2.24) is 10.3 Å². The Kier molecular flexibility index (Phi) is 7.39. The molecular formula is C35H31F3N2O. The van der Waals surface area contributed by atoms with Gasteiger partial charge in [-0.05, 0) is 114 Å². The predicted octanol–water partition coefficient (Wildman–Crippen LogP) is 8.98. The van der Waals surface area contributed by atoms with E-state index >= 15 is 0 Å². The molecule has 1 atom stereocenters. The van der Waals surface area contributed by atoms with Gasteiger partial charge < -0.3 is 10.1 Å². The molecule has 5 aliphatic rings. The maximum atomic E-state index is 12.9. The Morgan fingerprint density at radius 3 is 2.63 bits per heavy atom. The van der Waals surface area contributed by atoms with E-state index in [0.29, 0.717) is 0 Å². The zero-order chi connectivity index (χ0) is 28.4. The summed E-state index contributed by atoms with van der Waals surface area (Å²) in [5, 5.41) is 3.20. The minimum absolute atomic E-state index is 0.0520. The highest BCUT2D eigenvalue weighted by atomic mass is 19.4. The summed E-state index contributed by atoms with van der Waals surface area (Å²) in [6, 6.07) is 12.8. The molecule has 3 aliphatic carbocycles. The zero-order valence-electron chi connectivity index (χ0n) is 22.8. The number of pyridine rings is 1. The van der Waals surface area contributed by atoms with E-state index in [1.165, 1.54) is 52.9 Å². The SMILES string of the molecule is C1=CC2=CC=C(CC2)N1.Cc1ccc(/C=C\C2Cc3c(ccc4c3CCC=C4)-c3cc(OC(F)(F)F)ccc32)cn1. The van der Waals surface area contributed by atoms with E-state index in [1.807, 2.05) is 43.6 Å². The fourth-order valence-corrected chi connectivity index (χ4v) is 5.85. The molecule has 2 aromatic carbocycles. The van der Waals surface area contributed by atoms with Crippen LogP contribution in [0.4, 0.5) is 13.2 Å². The van der Waals surface area contributed by atoms with Gasteiger partial charge in [-0.3, -0.25) is 4.98 Å². The van der Waals surface area contributed by atoms with E-state index in [1.54, 1.807) is 6.07 Å². The third kappa shape index (κ3) is 6.22. The standard InChI is InChI=1S/C27H22F3NO.C8H9N/c1-17-6-7-18(16-31-17)8-9-20-14-25-22-5-3-2-4-19(22)10-12-24(25)26-15-21(11-13-23(20)26)32-27(28,29)30;1-3-8-4-2-7(1)5-6-9-8/h2,4,6-13,15-16,20H,3,5,14H2,1H3;1,3,5-6,9H,2,4H2/b9-8-;. The highest BCUT2D eigenvalue weighted by molar-refractivity contribution is 5.80. The monoisotopic (exact) mass is 552 g/mol. The molecule has 6 heteroatoms. The number of ether oxygens (including phenoxy) is 1. The van der Waals surface area contributed by atoms with Crippen molar-refractivity contribution in [2.24, 2.45) is 0 Å². The number of hydrogen-bond acceptors (Lipinski definition) is 3. The van der Waals surface area contributed by atoms with Crippen molar-refractivity contribution in [1.29, 1.82) is 0 Å². The van der Waals surface area contributed by atoms with Gasteiger partial charge in [0.1, 0.15) is 5.75 Å². The summed E-state index contributed by atoms with van der Waals surface area (Å²) in [5.41, 5.74) is 11.3. The van der Waals surface area contributed by atoms with Crippen LogP contribution in [0.2, 0.25) is 0 Å². The topological polar surface area (TPSA) is 34.1 Å². The van der Waals surface area contributed by atoms with Crippen LogP contribution >= 0.6 is 0 Å². The summed E-state index contributed by atoms with van der Waals surface area (Å²) >= 11 is 0. The lowest BCUT2D eigenvalue weighted by molar-refractivity contribution is -0.274. The van der Waals surface area contributed by atoms with Crippen LogP contribution in [0.3, 0.4) is 0 Å². The number of fused-ring (bicyclic) bond motifs is 8. The largest absolute Gasteiger partial charge is 0.573 e. The number of allylic oxidation sites excluding steroid dienone is 7. The Hall–Kier alpha value is -4.32. The number of aromatic nitrogens is 1. The Morgan fingerprint density at radius 1 is 0.951 bits per heavy atom. The lowest BCUT2D eigenvalue weighted by atomic mass is 9.74. The van der Waals surface area contributed by atoms with Crippen LogP contribution in [0.1, 0.15) is 58.7 Å². The van der Waals surface area contributed by atoms with Crippen LogP contribution in [0, 0.1) is 6.92 Å². The minimum atomic E-state index is -4.72. The van der Waals surface area contributed by atoms with Crippen molar-refractivity contribution in [3.05, 3.63) is 130 Å². The van der Waals surface area contributed by atoms with Crippen LogP contribution < -0.4 is 10.1 Å². The molecule has 41 heavy (non-hydrogen) atoms. The highest BCUT2D eigenvalue weighted by Gasteiger charge is 2.32. The molecule has 1 aromatic heterocycles. The molecule has 2 aliphatic heterocycles. The second-order valence-corrected chi connectivity index (χ2v) is 10.7. The second kappa shape index (κ2) is 11.3. The molecule has 1 unspecified atom stereocenters. The summed E-state index contributed by atoms with van der Waals surface area (Å²) in [6.07, 6.45) is 19.2. The fourth-order valence-electron chi connectivity index (χ4n) is 5.85. The smallest absolute Gasteiger partial charge is 0.406 e. The van der Waals surface area contributed by atoms with Crippen molar-refractivity contribution < 1.29 is 17.9 Å². The van der Waals surface area contributed by atoms with Crippen LogP contribution in [-0.4, -0.2) is 11.3 Å². The quantitative estimate of drug-likeness (QED) is 0.352. The molecule has 1 N–H and O–H groups in total. The Bertz CT molecular complexity index is 1610. The van der Waals surface area contributed by atoms with Crippen LogP contribution in [0.25, 0.3) is 23.3 Å². The fraction of sp³-hybridized carbons (Fsp3) is 0.229. The minimum Gasteiger partial charge on any atom is -0.406 e. The van der Waals surface area contributed by atoms with Gasteiger partial charge in [0.25, 0.3) is 0 Å². The van der Waals surface area contributed by atoms with Gasteiger partial charge in [0.05, 0.1) is 0 Å². The van der Waals surface area contributed by atoms with Gasteiger partial charge in [0.2, 0.25) is 0 Å². The number of aryl methyl sites for hydroxylation is 1. The average molecular weight is 553 g/mol. The number of benzene rings is 2. The number of nitrogens with one attached hydrogen (secondary N) is 1. The van der Waals surface area contributed by atoms with Crippen LogP contribution in [0.15, 0.2) is 96.5 Å². The van der Waals surface area contributed by atoms with Gasteiger partial charge in [-0.1, -0.05) is 54.6 Å². The zero-order valence-corrected chi connectivity index (χ0v) is 22.8. The Morgan fingerprint density at radius 2 is 1.85 bits per heavy atom. The summed E-state index contributed by atoms with van der Waals surface area (Å²) in [4.78, 5) is 4.34. The predicted molar refractivity (Wildman–Crippen MR) is 158 cm³/mol. The molecule has 0 radical (unpaired) electrons. The number of rotatable bonds is 3. The molecule has 3 aromatic rings. The van der Waals surface area contributed by atoms with Gasteiger partial charge in [-0.15, -0.1) is 13.2 Å². The molecule has 3 nitrogen and oxygen atoms in total. The number of nitrogens with zero attached hydrogens (tertiary/aromatic N) is 1. The average Bonchev–Trinajstić information content (AvgIpc) is 3.34. The van der Waals surface area contributed by atoms with Gasteiger partial charge in [-0.25, -0.2) is 0 Å². The Balaban J connectivity index is 0.000000283. The first-order valence-corrected chi connectivity index (χ1v) is 14.0. The number of hydrogen-bond donors (Lipinski definition) is 1. The van der Waals surface area contributed by atoms with Crippen molar-refractivity contribution >= 4 is 12.2 Å². The van der Waals surface area contributed by atoms with E-state index in [-0.39, 0.29) is 11.7 Å². The van der Waals surface area contributed by atoms with E-state index in [4.69, 9.17) is 0 Å². The van der Waals surface area contributed by atoms with E-state index in [0.717, 1.165) is 47.2 Å². The van der Waals surface area contributed by atoms with Gasteiger partial charge in [-0.2, -0.15) is 0 Å². The van der Waals surface area contributed by atoms with E-state index < -0.39 is 6.36 Å². The maximum absolute atomic E-state index is 12.9. The van der Waals surface area contributed by atoms with Crippen molar-refractivity contribution in [2.45, 2.75) is 51.3 Å². The van der Waals surface area contributed by atoms with Crippen molar-refractivity contribution in [2.75, 3.05) is 0 Å². The Labute approximate surface area is 238 Å². The summed E-state index contributed by atoms with van der Waals surface area (Å²) < 4.78 is 42.8. The molecule has 8 rings (SSSR count).